The summed E-state index contributed by atoms with van der Waals surface area (Å²) in [6.07, 6.45) is 22.0. The fourth-order valence-electron chi connectivity index (χ4n) is 3.97. The lowest BCUT2D eigenvalue weighted by atomic mass is 9.73. The van der Waals surface area contributed by atoms with Gasteiger partial charge in [-0.2, -0.15) is 0 Å². The first-order chi connectivity index (χ1) is 10.2. The van der Waals surface area contributed by atoms with Gasteiger partial charge in [0, 0.05) is 0 Å². The zero-order chi connectivity index (χ0) is 15.5. The van der Waals surface area contributed by atoms with Crippen molar-refractivity contribution in [3.63, 3.8) is 0 Å². The summed E-state index contributed by atoms with van der Waals surface area (Å²) in [6, 6.07) is 0. The van der Waals surface area contributed by atoms with Crippen molar-refractivity contribution in [1.29, 1.82) is 0 Å². The van der Waals surface area contributed by atoms with Crippen LogP contribution in [0.2, 0.25) is 0 Å². The number of rotatable bonds is 9. The highest BCUT2D eigenvalue weighted by molar-refractivity contribution is 4.86. The summed E-state index contributed by atoms with van der Waals surface area (Å²) >= 11 is 0. The Kier molecular flexibility index (Phi) is 9.79. The van der Waals surface area contributed by atoms with Crippen LogP contribution in [-0.2, 0) is 0 Å². The van der Waals surface area contributed by atoms with Crippen molar-refractivity contribution in [2.24, 2.45) is 23.7 Å². The van der Waals surface area contributed by atoms with E-state index in [-0.39, 0.29) is 0 Å². The van der Waals surface area contributed by atoms with Crippen molar-refractivity contribution < 1.29 is 0 Å². The molecular weight excluding hydrogens is 252 g/mol. The van der Waals surface area contributed by atoms with Crippen LogP contribution < -0.4 is 0 Å². The van der Waals surface area contributed by atoms with Gasteiger partial charge < -0.3 is 0 Å². The fourth-order valence-corrected chi connectivity index (χ4v) is 3.97. The molecule has 1 aliphatic carbocycles. The molecule has 0 nitrogen and oxygen atoms in total. The second-order valence-corrected chi connectivity index (χ2v) is 7.18. The van der Waals surface area contributed by atoms with Crippen LogP contribution in [0.1, 0.15) is 85.5 Å². The third-order valence-corrected chi connectivity index (χ3v) is 5.66. The van der Waals surface area contributed by atoms with Crippen molar-refractivity contribution >= 4 is 0 Å². The molecule has 2 atom stereocenters. The molecule has 0 bridgehead atoms. The van der Waals surface area contributed by atoms with Crippen LogP contribution in [0.3, 0.4) is 0 Å². The first-order valence-electron chi connectivity index (χ1n) is 9.45. The van der Waals surface area contributed by atoms with E-state index in [1.54, 1.807) is 0 Å². The second kappa shape index (κ2) is 11.1. The van der Waals surface area contributed by atoms with Crippen molar-refractivity contribution in [2.75, 3.05) is 0 Å². The van der Waals surface area contributed by atoms with Gasteiger partial charge in [-0.05, 0) is 82.5 Å². The SMILES string of the molecule is CC=CCCC1CCC(C(C)CCC(C=CC)CC)CC1. The predicted molar refractivity (Wildman–Crippen MR) is 96.5 cm³/mol. The Hall–Kier alpha value is -0.520. The topological polar surface area (TPSA) is 0 Å². The highest BCUT2D eigenvalue weighted by atomic mass is 14.3. The quantitative estimate of drug-likeness (QED) is 0.395. The van der Waals surface area contributed by atoms with Crippen molar-refractivity contribution in [1.82, 2.24) is 0 Å². The molecule has 0 aromatic heterocycles. The summed E-state index contributed by atoms with van der Waals surface area (Å²) in [7, 11) is 0. The van der Waals surface area contributed by atoms with E-state index in [0.717, 1.165) is 23.7 Å². The van der Waals surface area contributed by atoms with Crippen molar-refractivity contribution in [3.8, 4) is 0 Å². The summed E-state index contributed by atoms with van der Waals surface area (Å²) in [5, 5.41) is 0. The molecule has 1 saturated carbocycles. The zero-order valence-corrected chi connectivity index (χ0v) is 15.0. The molecule has 0 saturated heterocycles. The molecule has 0 radical (unpaired) electrons. The van der Waals surface area contributed by atoms with Gasteiger partial charge in [-0.25, -0.2) is 0 Å². The van der Waals surface area contributed by atoms with Crippen LogP contribution in [0.15, 0.2) is 24.3 Å². The molecule has 2 unspecified atom stereocenters. The molecule has 0 heteroatoms. The van der Waals surface area contributed by atoms with Gasteiger partial charge >= 0.3 is 0 Å². The van der Waals surface area contributed by atoms with Crippen LogP contribution >= 0.6 is 0 Å². The van der Waals surface area contributed by atoms with Crippen molar-refractivity contribution in [3.05, 3.63) is 24.3 Å². The zero-order valence-electron chi connectivity index (χ0n) is 15.0. The largest absolute Gasteiger partial charge is 0.0917 e. The van der Waals surface area contributed by atoms with Crippen LogP contribution in [0.5, 0.6) is 0 Å². The molecule has 1 rings (SSSR count). The smallest absolute Gasteiger partial charge is 0.0236 e. The first kappa shape index (κ1) is 18.5. The van der Waals surface area contributed by atoms with E-state index in [1.807, 2.05) is 0 Å². The van der Waals surface area contributed by atoms with E-state index in [9.17, 15) is 0 Å². The van der Waals surface area contributed by atoms with Gasteiger partial charge in [-0.3, -0.25) is 0 Å². The highest BCUT2D eigenvalue weighted by Crippen LogP contribution is 2.37. The van der Waals surface area contributed by atoms with E-state index in [0.29, 0.717) is 0 Å². The first-order valence-corrected chi connectivity index (χ1v) is 9.45. The average Bonchev–Trinajstić information content (AvgIpc) is 2.52. The van der Waals surface area contributed by atoms with Crippen LogP contribution in [0, 0.1) is 23.7 Å². The monoisotopic (exact) mass is 290 g/mol. The lowest BCUT2D eigenvalue weighted by Gasteiger charge is -2.32. The van der Waals surface area contributed by atoms with Gasteiger partial charge in [0.1, 0.15) is 0 Å². The molecule has 0 spiro atoms. The van der Waals surface area contributed by atoms with Crippen LogP contribution in [0.25, 0.3) is 0 Å². The summed E-state index contributed by atoms with van der Waals surface area (Å²) < 4.78 is 0. The standard InChI is InChI=1S/C21H38/c1-5-8-9-11-20-14-16-21(17-15-20)18(4)12-13-19(7-3)10-6-2/h5-6,8,10,18-21H,7,9,11-17H2,1-4H3. The Labute approximate surface area is 134 Å². The Morgan fingerprint density at radius 2 is 1.71 bits per heavy atom. The minimum atomic E-state index is 0.814. The summed E-state index contributed by atoms with van der Waals surface area (Å²) in [5.74, 6) is 3.76. The van der Waals surface area contributed by atoms with Gasteiger partial charge in [0.15, 0.2) is 0 Å². The van der Waals surface area contributed by atoms with Gasteiger partial charge in [0.25, 0.3) is 0 Å². The van der Waals surface area contributed by atoms with Gasteiger partial charge in [0.2, 0.25) is 0 Å². The molecule has 1 aliphatic rings. The summed E-state index contributed by atoms with van der Waals surface area (Å²) in [6.45, 7) is 9.12. The minimum Gasteiger partial charge on any atom is -0.0917 e. The third-order valence-electron chi connectivity index (χ3n) is 5.66. The maximum atomic E-state index is 2.51. The number of hydrogen-bond donors (Lipinski definition) is 0. The van der Waals surface area contributed by atoms with E-state index in [1.165, 1.54) is 57.8 Å². The molecule has 0 aromatic carbocycles. The predicted octanol–water partition coefficient (Wildman–Crippen LogP) is 7.17. The second-order valence-electron chi connectivity index (χ2n) is 7.18. The molecule has 1 fully saturated rings. The molecule has 0 N–H and O–H groups in total. The van der Waals surface area contributed by atoms with E-state index >= 15 is 0 Å². The maximum Gasteiger partial charge on any atom is -0.0236 e. The lowest BCUT2D eigenvalue weighted by Crippen LogP contribution is -2.20. The summed E-state index contributed by atoms with van der Waals surface area (Å²) in [5.41, 5.74) is 0. The molecule has 0 heterocycles. The molecule has 0 aliphatic heterocycles. The van der Waals surface area contributed by atoms with Crippen molar-refractivity contribution in [2.45, 2.75) is 85.5 Å². The summed E-state index contributed by atoms with van der Waals surface area (Å²) in [4.78, 5) is 0. The minimum absolute atomic E-state index is 0.814. The van der Waals surface area contributed by atoms with E-state index in [2.05, 4.69) is 52.0 Å². The molecular formula is C21H38. The number of allylic oxidation sites excluding steroid dienone is 4. The lowest BCUT2D eigenvalue weighted by molar-refractivity contribution is 0.196. The van der Waals surface area contributed by atoms with Gasteiger partial charge in [-0.1, -0.05) is 51.0 Å². The third kappa shape index (κ3) is 7.34. The van der Waals surface area contributed by atoms with E-state index < -0.39 is 0 Å². The van der Waals surface area contributed by atoms with Gasteiger partial charge in [0.05, 0.1) is 0 Å². The highest BCUT2D eigenvalue weighted by Gasteiger charge is 2.24. The van der Waals surface area contributed by atoms with Crippen LogP contribution in [0.4, 0.5) is 0 Å². The van der Waals surface area contributed by atoms with E-state index in [4.69, 9.17) is 0 Å². The van der Waals surface area contributed by atoms with Gasteiger partial charge in [-0.15, -0.1) is 0 Å². The normalized spacial score (nSPS) is 26.5. The fraction of sp³-hybridized carbons (Fsp3) is 0.810. The number of hydrogen-bond acceptors (Lipinski definition) is 0. The Morgan fingerprint density at radius 3 is 2.29 bits per heavy atom. The molecule has 0 aromatic rings. The molecule has 122 valence electrons. The average molecular weight is 291 g/mol. The molecule has 21 heavy (non-hydrogen) atoms. The maximum absolute atomic E-state index is 2.51. The Morgan fingerprint density at radius 1 is 1.00 bits per heavy atom. The molecule has 0 amide bonds. The van der Waals surface area contributed by atoms with Crippen LogP contribution in [-0.4, -0.2) is 0 Å². The Balaban J connectivity index is 2.23. The Bertz CT molecular complexity index is 291.